The maximum atomic E-state index is 12.6. The molecule has 5 heteroatoms. The number of hydrogen-bond donors (Lipinski definition) is 1. The number of β-amino-alcohol motifs (C(OH)–C–C–N with tert-alkyl or cyclic N) is 1. The zero-order valence-corrected chi connectivity index (χ0v) is 9.67. The van der Waals surface area contributed by atoms with Crippen LogP contribution in [0.5, 0.6) is 0 Å². The van der Waals surface area contributed by atoms with Crippen molar-refractivity contribution in [1.82, 2.24) is 4.90 Å². The molecule has 0 aromatic heterocycles. The lowest BCUT2D eigenvalue weighted by Crippen LogP contribution is -2.42. The second kappa shape index (κ2) is 3.71. The van der Waals surface area contributed by atoms with Gasteiger partial charge in [-0.1, -0.05) is 6.07 Å². The molecule has 0 unspecified atom stereocenters. The smallest absolute Gasteiger partial charge is 0.384 e. The Morgan fingerprint density at radius 1 is 1.35 bits per heavy atom. The fraction of sp³-hybridized carbons (Fsp3) is 0.500. The van der Waals surface area contributed by atoms with Gasteiger partial charge in [-0.2, -0.15) is 13.2 Å². The third-order valence-corrected chi connectivity index (χ3v) is 3.03. The Morgan fingerprint density at radius 2 is 2.00 bits per heavy atom. The molecule has 1 aromatic rings. The van der Waals surface area contributed by atoms with Crippen molar-refractivity contribution in [2.24, 2.45) is 0 Å². The van der Waals surface area contributed by atoms with Gasteiger partial charge in [-0.05, 0) is 37.2 Å². The third-order valence-electron chi connectivity index (χ3n) is 3.03. The minimum absolute atomic E-state index is 0.422. The van der Waals surface area contributed by atoms with Crippen molar-refractivity contribution in [2.75, 3.05) is 13.6 Å². The van der Waals surface area contributed by atoms with Crippen LogP contribution in [-0.4, -0.2) is 23.6 Å². The summed E-state index contributed by atoms with van der Waals surface area (Å²) >= 11 is 0. The van der Waals surface area contributed by atoms with Gasteiger partial charge >= 0.3 is 6.18 Å². The van der Waals surface area contributed by atoms with Crippen LogP contribution in [0.25, 0.3) is 0 Å². The van der Waals surface area contributed by atoms with E-state index in [1.54, 1.807) is 14.0 Å². The highest BCUT2D eigenvalue weighted by Gasteiger charge is 2.36. The normalized spacial score (nSPS) is 25.8. The minimum atomic E-state index is -4.34. The molecular weight excluding hydrogens is 231 g/mol. The van der Waals surface area contributed by atoms with E-state index in [4.69, 9.17) is 0 Å². The number of halogens is 3. The number of alkyl halides is 3. The highest BCUT2D eigenvalue weighted by atomic mass is 19.4. The van der Waals surface area contributed by atoms with Crippen LogP contribution in [0.4, 0.5) is 13.2 Å². The summed E-state index contributed by atoms with van der Waals surface area (Å²) in [5.74, 6) is 0. The molecule has 1 aromatic carbocycles. The molecule has 1 aliphatic heterocycles. The van der Waals surface area contributed by atoms with Crippen LogP contribution < -0.4 is 0 Å². The number of aliphatic hydroxyl groups is 1. The molecule has 0 bridgehead atoms. The van der Waals surface area contributed by atoms with Gasteiger partial charge in [0.05, 0.1) is 11.2 Å². The molecule has 0 saturated carbocycles. The quantitative estimate of drug-likeness (QED) is 0.758. The van der Waals surface area contributed by atoms with Crippen LogP contribution >= 0.6 is 0 Å². The van der Waals surface area contributed by atoms with Crippen molar-refractivity contribution >= 4 is 0 Å². The fourth-order valence-electron chi connectivity index (χ4n) is 2.38. The Labute approximate surface area is 97.7 Å². The highest BCUT2D eigenvalue weighted by Crippen LogP contribution is 2.36. The highest BCUT2D eigenvalue weighted by molar-refractivity contribution is 5.38. The summed E-state index contributed by atoms with van der Waals surface area (Å²) in [6, 6.07) is 3.53. The first-order valence-corrected chi connectivity index (χ1v) is 5.32. The second-order valence-corrected chi connectivity index (χ2v) is 4.82. The molecule has 2 nitrogen and oxygen atoms in total. The van der Waals surface area contributed by atoms with E-state index in [9.17, 15) is 18.3 Å². The first-order chi connectivity index (χ1) is 7.70. The van der Waals surface area contributed by atoms with E-state index >= 15 is 0 Å². The summed E-state index contributed by atoms with van der Waals surface area (Å²) < 4.78 is 37.7. The van der Waals surface area contributed by atoms with E-state index < -0.39 is 17.3 Å². The van der Waals surface area contributed by atoms with Gasteiger partial charge in [-0.3, -0.25) is 4.90 Å². The molecule has 0 fully saturated rings. The predicted molar refractivity (Wildman–Crippen MR) is 57.3 cm³/mol. The topological polar surface area (TPSA) is 23.5 Å². The molecule has 94 valence electrons. The van der Waals surface area contributed by atoms with E-state index in [1.165, 1.54) is 6.07 Å². The Bertz CT molecular complexity index is 440. The van der Waals surface area contributed by atoms with Crippen molar-refractivity contribution in [3.05, 3.63) is 34.9 Å². The van der Waals surface area contributed by atoms with Gasteiger partial charge in [0, 0.05) is 13.1 Å². The summed E-state index contributed by atoms with van der Waals surface area (Å²) in [6.07, 6.45) is -4.34. The SMILES string of the molecule is CN1Cc2cc(C(F)(F)F)ccc2[C@](C)(O)C1. The van der Waals surface area contributed by atoms with E-state index in [-0.39, 0.29) is 0 Å². The van der Waals surface area contributed by atoms with Crippen molar-refractivity contribution in [2.45, 2.75) is 25.2 Å². The molecular formula is C12H14F3NO. The Kier molecular flexibility index (Phi) is 2.71. The standard InChI is InChI=1S/C12H14F3NO/c1-11(17)7-16(2)6-8-5-9(12(13,14)15)3-4-10(8)11/h3-5,17H,6-7H2,1-2H3/t11-/m1/s1. The molecule has 1 aliphatic rings. The number of fused-ring (bicyclic) bond motifs is 1. The maximum Gasteiger partial charge on any atom is 0.416 e. The van der Waals surface area contributed by atoms with Crippen molar-refractivity contribution in [3.8, 4) is 0 Å². The van der Waals surface area contributed by atoms with E-state index in [1.807, 2.05) is 4.90 Å². The molecule has 0 spiro atoms. The van der Waals surface area contributed by atoms with E-state index in [0.717, 1.165) is 12.1 Å². The number of rotatable bonds is 0. The van der Waals surface area contributed by atoms with Crippen molar-refractivity contribution in [1.29, 1.82) is 0 Å². The van der Waals surface area contributed by atoms with Gasteiger partial charge in [0.2, 0.25) is 0 Å². The lowest BCUT2D eigenvalue weighted by molar-refractivity contribution is -0.137. The number of nitrogens with zero attached hydrogens (tertiary/aromatic N) is 1. The van der Waals surface area contributed by atoms with E-state index in [2.05, 4.69) is 0 Å². The van der Waals surface area contributed by atoms with Crippen LogP contribution in [0.2, 0.25) is 0 Å². The first-order valence-electron chi connectivity index (χ1n) is 5.32. The average molecular weight is 245 g/mol. The van der Waals surface area contributed by atoms with Crippen LogP contribution in [0.3, 0.4) is 0 Å². The molecule has 0 saturated heterocycles. The van der Waals surface area contributed by atoms with Crippen LogP contribution in [0, 0.1) is 0 Å². The van der Waals surface area contributed by atoms with Crippen LogP contribution in [0.15, 0.2) is 18.2 Å². The number of benzene rings is 1. The Balaban J connectivity index is 2.49. The second-order valence-electron chi connectivity index (χ2n) is 4.82. The molecule has 1 heterocycles. The first kappa shape index (κ1) is 12.4. The summed E-state index contributed by atoms with van der Waals surface area (Å²) in [7, 11) is 1.78. The lowest BCUT2D eigenvalue weighted by Gasteiger charge is -2.37. The summed E-state index contributed by atoms with van der Waals surface area (Å²) in [6.45, 7) is 2.47. The predicted octanol–water partition coefficient (Wildman–Crippen LogP) is 2.36. The van der Waals surface area contributed by atoms with Crippen LogP contribution in [0.1, 0.15) is 23.6 Å². The van der Waals surface area contributed by atoms with Crippen LogP contribution in [-0.2, 0) is 18.3 Å². The summed E-state index contributed by atoms with van der Waals surface area (Å²) in [5.41, 5.74) is -0.628. The monoisotopic (exact) mass is 245 g/mol. The molecule has 0 amide bonds. The van der Waals surface area contributed by atoms with Crippen molar-refractivity contribution in [3.63, 3.8) is 0 Å². The average Bonchev–Trinajstić information content (AvgIpc) is 2.13. The third kappa shape index (κ3) is 2.30. The van der Waals surface area contributed by atoms with Gasteiger partial charge in [0.15, 0.2) is 0 Å². The Hall–Kier alpha value is -1.07. The minimum Gasteiger partial charge on any atom is -0.384 e. The Morgan fingerprint density at radius 3 is 2.59 bits per heavy atom. The molecule has 0 aliphatic carbocycles. The van der Waals surface area contributed by atoms with Crippen molar-refractivity contribution < 1.29 is 18.3 Å². The zero-order valence-electron chi connectivity index (χ0n) is 9.67. The maximum absolute atomic E-state index is 12.6. The molecule has 1 atom stereocenters. The van der Waals surface area contributed by atoms with Gasteiger partial charge in [0.25, 0.3) is 0 Å². The zero-order chi connectivity index (χ0) is 12.8. The summed E-state index contributed by atoms with van der Waals surface area (Å²) in [5, 5.41) is 10.2. The fourth-order valence-corrected chi connectivity index (χ4v) is 2.38. The van der Waals surface area contributed by atoms with Gasteiger partial charge in [-0.15, -0.1) is 0 Å². The van der Waals surface area contributed by atoms with Gasteiger partial charge < -0.3 is 5.11 Å². The van der Waals surface area contributed by atoms with Gasteiger partial charge in [-0.25, -0.2) is 0 Å². The number of hydrogen-bond acceptors (Lipinski definition) is 2. The molecule has 2 rings (SSSR count). The number of likely N-dealkylation sites (N-methyl/N-ethyl adjacent to an activating group) is 1. The molecule has 17 heavy (non-hydrogen) atoms. The molecule has 1 N–H and O–H groups in total. The molecule has 0 radical (unpaired) electrons. The lowest BCUT2D eigenvalue weighted by atomic mass is 9.86. The summed E-state index contributed by atoms with van der Waals surface area (Å²) in [4.78, 5) is 1.81. The van der Waals surface area contributed by atoms with Gasteiger partial charge in [0.1, 0.15) is 0 Å². The largest absolute Gasteiger partial charge is 0.416 e. The van der Waals surface area contributed by atoms with E-state index in [0.29, 0.717) is 24.2 Å².